The summed E-state index contributed by atoms with van der Waals surface area (Å²) in [7, 11) is 3.62. The maximum Gasteiger partial charge on any atom is 0.251 e. The van der Waals surface area contributed by atoms with E-state index in [1.165, 1.54) is 6.07 Å². The molecule has 1 aromatic carbocycles. The van der Waals surface area contributed by atoms with Gasteiger partial charge in [0.1, 0.15) is 10.7 Å². The van der Waals surface area contributed by atoms with Crippen molar-refractivity contribution in [2.24, 2.45) is 19.8 Å². The van der Waals surface area contributed by atoms with Gasteiger partial charge in [0.05, 0.1) is 40.6 Å². The van der Waals surface area contributed by atoms with Gasteiger partial charge in [0, 0.05) is 29.3 Å². The maximum absolute atomic E-state index is 12.7. The van der Waals surface area contributed by atoms with E-state index in [1.807, 2.05) is 54.1 Å². The number of imidazole rings is 1. The fourth-order valence-corrected chi connectivity index (χ4v) is 4.70. The van der Waals surface area contributed by atoms with Crippen LogP contribution in [0.15, 0.2) is 78.0 Å². The summed E-state index contributed by atoms with van der Waals surface area (Å²) in [6.45, 7) is 0. The minimum atomic E-state index is -1.09. The number of nitrogens with two attached hydrogens (primary N) is 1. The van der Waals surface area contributed by atoms with Gasteiger partial charge in [0.2, 0.25) is 0 Å². The van der Waals surface area contributed by atoms with Crippen LogP contribution in [0.4, 0.5) is 0 Å². The molecule has 1 atom stereocenters. The summed E-state index contributed by atoms with van der Waals surface area (Å²) >= 11 is 8.42. The second kappa shape index (κ2) is 8.61. The molecule has 170 valence electrons. The summed E-state index contributed by atoms with van der Waals surface area (Å²) in [6, 6.07) is 18.6. The highest BCUT2D eigenvalue weighted by molar-refractivity contribution is 14.1. The second-order valence-corrected chi connectivity index (χ2v) is 9.70. The molecule has 0 aliphatic rings. The van der Waals surface area contributed by atoms with E-state index >= 15 is 0 Å². The molecular formula is C25H20ClIN6O. The third-order valence-electron chi connectivity index (χ3n) is 6.00. The molecule has 5 rings (SSSR count). The third kappa shape index (κ3) is 3.71. The lowest BCUT2D eigenvalue weighted by Crippen LogP contribution is -2.41. The monoisotopic (exact) mass is 582 g/mol. The third-order valence-corrected chi connectivity index (χ3v) is 6.93. The molecule has 5 aromatic rings. The van der Waals surface area contributed by atoms with E-state index in [0.717, 1.165) is 14.8 Å². The van der Waals surface area contributed by atoms with E-state index in [4.69, 9.17) is 22.3 Å². The Balaban J connectivity index is 1.84. The van der Waals surface area contributed by atoms with Gasteiger partial charge < -0.3 is 14.9 Å². The normalized spacial score (nSPS) is 13.2. The van der Waals surface area contributed by atoms with Gasteiger partial charge in [0.25, 0.3) is 5.56 Å². The van der Waals surface area contributed by atoms with Crippen molar-refractivity contribution in [1.29, 1.82) is 0 Å². The molecule has 0 radical (unpaired) electrons. The van der Waals surface area contributed by atoms with E-state index in [-0.39, 0.29) is 5.56 Å². The van der Waals surface area contributed by atoms with Crippen molar-refractivity contribution in [3.63, 3.8) is 0 Å². The summed E-state index contributed by atoms with van der Waals surface area (Å²) in [4.78, 5) is 26.5. The van der Waals surface area contributed by atoms with Crippen molar-refractivity contribution in [1.82, 2.24) is 24.1 Å². The lowest BCUT2D eigenvalue weighted by Gasteiger charge is -2.30. The van der Waals surface area contributed by atoms with E-state index in [2.05, 4.69) is 32.6 Å². The smallest absolute Gasteiger partial charge is 0.251 e. The van der Waals surface area contributed by atoms with Crippen molar-refractivity contribution >= 4 is 45.2 Å². The van der Waals surface area contributed by atoms with Crippen LogP contribution in [-0.2, 0) is 19.6 Å². The fourth-order valence-electron chi connectivity index (χ4n) is 4.18. The zero-order chi connectivity index (χ0) is 24.0. The lowest BCUT2D eigenvalue weighted by atomic mass is 9.84. The van der Waals surface area contributed by atoms with Gasteiger partial charge in [-0.3, -0.25) is 4.79 Å². The minimum Gasteiger partial charge on any atom is -0.335 e. The highest BCUT2D eigenvalue weighted by atomic mass is 127. The predicted molar refractivity (Wildman–Crippen MR) is 142 cm³/mol. The molecule has 0 unspecified atom stereocenters. The Morgan fingerprint density at radius 3 is 2.47 bits per heavy atom. The van der Waals surface area contributed by atoms with Gasteiger partial charge >= 0.3 is 0 Å². The average Bonchev–Trinajstić information content (AvgIpc) is 3.27. The molecule has 0 aliphatic carbocycles. The van der Waals surface area contributed by atoms with Crippen LogP contribution in [0.5, 0.6) is 0 Å². The van der Waals surface area contributed by atoms with E-state index in [1.54, 1.807) is 36.3 Å². The molecule has 4 aromatic heterocycles. The Morgan fingerprint density at radius 1 is 1.03 bits per heavy atom. The van der Waals surface area contributed by atoms with Crippen LogP contribution in [0.3, 0.4) is 0 Å². The molecule has 0 amide bonds. The van der Waals surface area contributed by atoms with Gasteiger partial charge in [-0.2, -0.15) is 0 Å². The summed E-state index contributed by atoms with van der Waals surface area (Å²) in [5.74, 6) is 0. The van der Waals surface area contributed by atoms with E-state index < -0.39 is 5.54 Å². The molecule has 2 N–H and O–H groups in total. The first-order chi connectivity index (χ1) is 16.3. The first-order valence-electron chi connectivity index (χ1n) is 10.4. The topological polar surface area (TPSA) is 91.6 Å². The maximum atomic E-state index is 12.7. The first kappa shape index (κ1) is 22.7. The summed E-state index contributed by atoms with van der Waals surface area (Å²) < 4.78 is 4.56. The second-order valence-electron chi connectivity index (χ2n) is 8.07. The van der Waals surface area contributed by atoms with Crippen molar-refractivity contribution < 1.29 is 0 Å². The lowest BCUT2D eigenvalue weighted by molar-refractivity contribution is 0.580. The number of hydrogen-bond acceptors (Lipinski definition) is 5. The number of aryl methyl sites for hydroxylation is 2. The number of fused-ring (bicyclic) bond motifs is 1. The quantitative estimate of drug-likeness (QED) is 0.253. The van der Waals surface area contributed by atoms with E-state index in [9.17, 15) is 4.79 Å². The summed E-state index contributed by atoms with van der Waals surface area (Å²) in [5, 5.41) is 0.337. The van der Waals surface area contributed by atoms with Crippen LogP contribution in [0.1, 0.15) is 17.0 Å². The molecular weight excluding hydrogens is 563 g/mol. The van der Waals surface area contributed by atoms with Crippen molar-refractivity contribution in [3.8, 4) is 11.3 Å². The molecule has 0 spiro atoms. The predicted octanol–water partition coefficient (Wildman–Crippen LogP) is 4.24. The molecule has 4 heterocycles. The molecule has 0 saturated heterocycles. The Hall–Kier alpha value is -3.08. The number of benzene rings is 1. The summed E-state index contributed by atoms with van der Waals surface area (Å²) in [6.07, 6.45) is 3.47. The van der Waals surface area contributed by atoms with Crippen LogP contribution in [0.2, 0.25) is 5.15 Å². The molecule has 0 bridgehead atoms. The Bertz CT molecular complexity index is 1590. The van der Waals surface area contributed by atoms with Gasteiger partial charge in [-0.05, 0) is 64.6 Å². The average molecular weight is 583 g/mol. The van der Waals surface area contributed by atoms with Crippen LogP contribution in [-0.4, -0.2) is 24.1 Å². The Morgan fingerprint density at radius 2 is 1.79 bits per heavy atom. The number of pyridine rings is 3. The number of halogens is 2. The number of nitrogens with zero attached hydrogens (tertiary/aromatic N) is 5. The first-order valence-corrected chi connectivity index (χ1v) is 11.9. The number of hydrogen-bond donors (Lipinski definition) is 1. The van der Waals surface area contributed by atoms with Crippen LogP contribution in [0, 0.1) is 3.57 Å². The zero-order valence-corrected chi connectivity index (χ0v) is 21.3. The fraction of sp³-hybridized carbons (Fsp3) is 0.120. The Labute approximate surface area is 214 Å². The van der Waals surface area contributed by atoms with Crippen molar-refractivity contribution in [2.75, 3.05) is 0 Å². The van der Waals surface area contributed by atoms with Crippen LogP contribution < -0.4 is 11.3 Å². The van der Waals surface area contributed by atoms with Crippen molar-refractivity contribution in [3.05, 3.63) is 109 Å². The van der Waals surface area contributed by atoms with Gasteiger partial charge in [-0.15, -0.1) is 0 Å². The standard InChI is InChI=1S/C25H20ClIN6O/c1-32-14-29-13-21(32)25(28,15-6-8-16(27)9-7-15)20-11-10-19-24(31-20)17(12-23(34)33(19)2)18-4-3-5-22(26)30-18/h3-14H,28H2,1-2H3/t25-/m1/s1. The SMILES string of the molecule is Cn1cncc1[C@@](N)(c1ccc(I)cc1)c1ccc2c(n1)c(-c1cccc(Cl)n1)cc(=O)n2C. The summed E-state index contributed by atoms with van der Waals surface area (Å²) in [5.41, 5.74) is 10.7. The molecule has 7 nitrogen and oxygen atoms in total. The molecule has 0 fully saturated rings. The molecule has 0 saturated carbocycles. The van der Waals surface area contributed by atoms with Gasteiger partial charge in [-0.25, -0.2) is 15.0 Å². The molecule has 0 aliphatic heterocycles. The largest absolute Gasteiger partial charge is 0.335 e. The molecule has 9 heteroatoms. The highest BCUT2D eigenvalue weighted by Crippen LogP contribution is 2.35. The van der Waals surface area contributed by atoms with Gasteiger partial charge in [-0.1, -0.05) is 29.8 Å². The Kier molecular flexibility index (Phi) is 5.75. The molecule has 34 heavy (non-hydrogen) atoms. The zero-order valence-electron chi connectivity index (χ0n) is 18.4. The number of rotatable bonds is 4. The highest BCUT2D eigenvalue weighted by Gasteiger charge is 2.36. The van der Waals surface area contributed by atoms with Crippen LogP contribution >= 0.6 is 34.2 Å². The van der Waals surface area contributed by atoms with Crippen molar-refractivity contribution in [2.45, 2.75) is 5.54 Å². The minimum absolute atomic E-state index is 0.165. The van der Waals surface area contributed by atoms with E-state index in [0.29, 0.717) is 33.1 Å². The van der Waals surface area contributed by atoms with Crippen LogP contribution in [0.25, 0.3) is 22.3 Å². The number of aromatic nitrogens is 5. The van der Waals surface area contributed by atoms with Gasteiger partial charge in [0.15, 0.2) is 0 Å².